The zero-order valence-corrected chi connectivity index (χ0v) is 10.8. The van der Waals surface area contributed by atoms with Crippen LogP contribution < -0.4 is 0 Å². The molecule has 0 bridgehead atoms. The third-order valence-electron chi connectivity index (χ3n) is 2.87. The number of aliphatic hydroxyl groups is 1. The highest BCUT2D eigenvalue weighted by Gasteiger charge is 2.24. The van der Waals surface area contributed by atoms with Crippen LogP contribution in [0.25, 0.3) is 0 Å². The number of halogens is 2. The minimum atomic E-state index is -0.472. The van der Waals surface area contributed by atoms with Gasteiger partial charge in [-0.05, 0) is 40.9 Å². The van der Waals surface area contributed by atoms with Gasteiger partial charge in [0.2, 0.25) is 0 Å². The molecule has 1 aromatic rings. The predicted octanol–water partition coefficient (Wildman–Crippen LogP) is 2.19. The molecule has 1 aromatic carbocycles. The molecule has 17 heavy (non-hydrogen) atoms. The Kier molecular flexibility index (Phi) is 3.79. The molecule has 0 spiro atoms. The smallest absolute Gasteiger partial charge is 0.255 e. The Bertz CT molecular complexity index is 439. The summed E-state index contributed by atoms with van der Waals surface area (Å²) in [7, 11) is 0. The van der Waals surface area contributed by atoms with Crippen LogP contribution in [0.2, 0.25) is 0 Å². The van der Waals surface area contributed by atoms with Crippen molar-refractivity contribution in [2.24, 2.45) is 0 Å². The summed E-state index contributed by atoms with van der Waals surface area (Å²) in [6.45, 7) is 0.931. The van der Waals surface area contributed by atoms with E-state index in [1.807, 2.05) is 0 Å². The molecule has 2 rings (SSSR count). The lowest BCUT2D eigenvalue weighted by molar-refractivity contribution is 0.0472. The summed E-state index contributed by atoms with van der Waals surface area (Å²) < 4.78 is 13.5. The Labute approximate surface area is 107 Å². The molecule has 1 atom stereocenters. The first-order valence-electron chi connectivity index (χ1n) is 5.51. The lowest BCUT2D eigenvalue weighted by Crippen LogP contribution is -2.42. The van der Waals surface area contributed by atoms with E-state index in [1.54, 1.807) is 11.0 Å². The van der Waals surface area contributed by atoms with Gasteiger partial charge in [-0.1, -0.05) is 6.07 Å². The van der Waals surface area contributed by atoms with Gasteiger partial charge in [-0.25, -0.2) is 4.39 Å². The fourth-order valence-corrected chi connectivity index (χ4v) is 2.41. The van der Waals surface area contributed by atoms with Crippen LogP contribution in [0.15, 0.2) is 22.7 Å². The summed E-state index contributed by atoms with van der Waals surface area (Å²) in [5.41, 5.74) is 0.305. The lowest BCUT2D eigenvalue weighted by atomic mass is 10.1. The normalized spacial score (nSPS) is 20.4. The van der Waals surface area contributed by atoms with Crippen molar-refractivity contribution >= 4 is 21.8 Å². The number of nitrogens with zero attached hydrogens (tertiary/aromatic N) is 1. The molecule has 1 aliphatic rings. The highest BCUT2D eigenvalue weighted by molar-refractivity contribution is 9.10. The van der Waals surface area contributed by atoms with Crippen molar-refractivity contribution in [1.29, 1.82) is 0 Å². The van der Waals surface area contributed by atoms with E-state index in [9.17, 15) is 14.3 Å². The van der Waals surface area contributed by atoms with Crippen LogP contribution in [0.3, 0.4) is 0 Å². The molecule has 1 aliphatic heterocycles. The number of amides is 1. The molecule has 1 fully saturated rings. The van der Waals surface area contributed by atoms with Gasteiger partial charge in [0.05, 0.1) is 16.1 Å². The molecular weight excluding hydrogens is 289 g/mol. The first-order chi connectivity index (χ1) is 8.09. The van der Waals surface area contributed by atoms with Crippen molar-refractivity contribution in [3.05, 3.63) is 34.1 Å². The summed E-state index contributed by atoms with van der Waals surface area (Å²) in [5, 5.41) is 9.52. The van der Waals surface area contributed by atoms with E-state index in [4.69, 9.17) is 0 Å². The fraction of sp³-hybridized carbons (Fsp3) is 0.417. The third-order valence-corrected chi connectivity index (χ3v) is 3.67. The van der Waals surface area contributed by atoms with Crippen LogP contribution in [-0.2, 0) is 0 Å². The van der Waals surface area contributed by atoms with Gasteiger partial charge in [0.1, 0.15) is 5.82 Å². The van der Waals surface area contributed by atoms with Gasteiger partial charge in [0, 0.05) is 13.1 Å². The van der Waals surface area contributed by atoms with Crippen LogP contribution in [-0.4, -0.2) is 35.1 Å². The second-order valence-corrected chi connectivity index (χ2v) is 4.94. The quantitative estimate of drug-likeness (QED) is 0.864. The number of hydrogen-bond acceptors (Lipinski definition) is 2. The number of rotatable bonds is 1. The van der Waals surface area contributed by atoms with Gasteiger partial charge in [0.25, 0.3) is 5.91 Å². The molecule has 3 nitrogen and oxygen atoms in total. The number of β-amino-alcohol motifs (C(OH)–C–C–N with tert-alkyl or cyclic N) is 1. The van der Waals surface area contributed by atoms with Gasteiger partial charge in [-0.2, -0.15) is 0 Å². The SMILES string of the molecule is O=C(c1cccc(F)c1Br)N1CCCC(O)C1. The standard InChI is InChI=1S/C12H13BrFNO2/c13-11-9(4-1-5-10(11)14)12(17)15-6-2-3-8(16)7-15/h1,4-5,8,16H,2-3,6-7H2. The van der Waals surface area contributed by atoms with E-state index in [1.165, 1.54) is 12.1 Å². The van der Waals surface area contributed by atoms with Crippen molar-refractivity contribution in [3.8, 4) is 0 Å². The van der Waals surface area contributed by atoms with Crippen molar-refractivity contribution in [1.82, 2.24) is 4.90 Å². The Morgan fingerprint density at radius 1 is 1.53 bits per heavy atom. The minimum absolute atomic E-state index is 0.185. The molecule has 0 saturated carbocycles. The summed E-state index contributed by atoms with van der Waals surface area (Å²) in [6, 6.07) is 4.39. The van der Waals surface area contributed by atoms with Crippen LogP contribution in [0.4, 0.5) is 4.39 Å². The number of carbonyl (C=O) groups is 1. The van der Waals surface area contributed by atoms with Gasteiger partial charge < -0.3 is 10.0 Å². The number of piperidine rings is 1. The number of carbonyl (C=O) groups excluding carboxylic acids is 1. The highest BCUT2D eigenvalue weighted by Crippen LogP contribution is 2.23. The van der Waals surface area contributed by atoms with Crippen molar-refractivity contribution < 1.29 is 14.3 Å². The fourth-order valence-electron chi connectivity index (χ4n) is 1.98. The van der Waals surface area contributed by atoms with Crippen LogP contribution in [0.5, 0.6) is 0 Å². The second kappa shape index (κ2) is 5.14. The molecule has 0 aromatic heterocycles. The number of likely N-dealkylation sites (tertiary alicyclic amines) is 1. The van der Waals surface area contributed by atoms with E-state index in [0.717, 1.165) is 6.42 Å². The van der Waals surface area contributed by atoms with E-state index in [2.05, 4.69) is 15.9 Å². The van der Waals surface area contributed by atoms with Gasteiger partial charge in [-0.3, -0.25) is 4.79 Å². The summed E-state index contributed by atoms with van der Waals surface area (Å²) >= 11 is 3.08. The van der Waals surface area contributed by atoms with E-state index < -0.39 is 11.9 Å². The Morgan fingerprint density at radius 3 is 3.00 bits per heavy atom. The molecule has 1 N–H and O–H groups in total. The van der Waals surface area contributed by atoms with E-state index >= 15 is 0 Å². The minimum Gasteiger partial charge on any atom is -0.391 e. The summed E-state index contributed by atoms with van der Waals surface area (Å²) in [5.74, 6) is -0.691. The molecular formula is C12H13BrFNO2. The maximum Gasteiger partial charge on any atom is 0.255 e. The molecule has 1 unspecified atom stereocenters. The van der Waals surface area contributed by atoms with Crippen LogP contribution in [0, 0.1) is 5.82 Å². The van der Waals surface area contributed by atoms with Gasteiger partial charge in [-0.15, -0.1) is 0 Å². The van der Waals surface area contributed by atoms with Gasteiger partial charge >= 0.3 is 0 Å². The summed E-state index contributed by atoms with van der Waals surface area (Å²) in [6.07, 6.45) is 1.02. The topological polar surface area (TPSA) is 40.5 Å². The maximum absolute atomic E-state index is 13.3. The number of benzene rings is 1. The Morgan fingerprint density at radius 2 is 2.29 bits per heavy atom. The Balaban J connectivity index is 2.22. The van der Waals surface area contributed by atoms with Crippen LogP contribution in [0.1, 0.15) is 23.2 Å². The zero-order chi connectivity index (χ0) is 12.4. The first-order valence-corrected chi connectivity index (χ1v) is 6.30. The van der Waals surface area contributed by atoms with E-state index in [0.29, 0.717) is 25.1 Å². The second-order valence-electron chi connectivity index (χ2n) is 4.15. The average Bonchev–Trinajstić information content (AvgIpc) is 2.32. The first kappa shape index (κ1) is 12.5. The largest absolute Gasteiger partial charge is 0.391 e. The monoisotopic (exact) mass is 301 g/mol. The molecule has 1 saturated heterocycles. The molecule has 0 aliphatic carbocycles. The van der Waals surface area contributed by atoms with Crippen molar-refractivity contribution in [2.45, 2.75) is 18.9 Å². The number of hydrogen-bond donors (Lipinski definition) is 1. The van der Waals surface area contributed by atoms with Gasteiger partial charge in [0.15, 0.2) is 0 Å². The molecule has 1 amide bonds. The molecule has 92 valence electrons. The average molecular weight is 302 g/mol. The Hall–Kier alpha value is -0.940. The maximum atomic E-state index is 13.3. The highest BCUT2D eigenvalue weighted by atomic mass is 79.9. The number of aliphatic hydroxyl groups excluding tert-OH is 1. The summed E-state index contributed by atoms with van der Waals surface area (Å²) in [4.78, 5) is 13.7. The molecule has 0 radical (unpaired) electrons. The molecule has 1 heterocycles. The lowest BCUT2D eigenvalue weighted by Gasteiger charge is -2.30. The van der Waals surface area contributed by atoms with Crippen molar-refractivity contribution in [2.75, 3.05) is 13.1 Å². The third kappa shape index (κ3) is 2.66. The zero-order valence-electron chi connectivity index (χ0n) is 9.20. The molecule has 5 heteroatoms. The van der Waals surface area contributed by atoms with Crippen LogP contribution >= 0.6 is 15.9 Å². The van der Waals surface area contributed by atoms with Crippen molar-refractivity contribution in [3.63, 3.8) is 0 Å². The van der Waals surface area contributed by atoms with E-state index in [-0.39, 0.29) is 10.4 Å². The predicted molar refractivity (Wildman–Crippen MR) is 65.2 cm³/mol.